The van der Waals surface area contributed by atoms with Crippen LogP contribution in [0.4, 0.5) is 0 Å². The molecule has 0 aromatic rings. The molecule has 0 aromatic heterocycles. The maximum atomic E-state index is 6.68. The van der Waals surface area contributed by atoms with E-state index in [1.807, 2.05) is 0 Å². The average Bonchev–Trinajstić information content (AvgIpc) is 3.16. The molecule has 0 bridgehead atoms. The van der Waals surface area contributed by atoms with E-state index in [9.17, 15) is 0 Å². The SMILES string of the molecule is CC(C)CCCC(C)C1CCC2C3CC=C4CC(OC5C=CCC(C)C5)CCC4(C)C3CCC12C. The van der Waals surface area contributed by atoms with Crippen LogP contribution in [0, 0.1) is 52.3 Å². The molecule has 0 N–H and O–H groups in total. The Balaban J connectivity index is 1.25. The highest BCUT2D eigenvalue weighted by molar-refractivity contribution is 5.25. The molecule has 0 amide bonds. The molecular formula is C34H56O. The third-order valence-electron chi connectivity index (χ3n) is 12.2. The van der Waals surface area contributed by atoms with Crippen molar-refractivity contribution >= 4 is 0 Å². The third-order valence-corrected chi connectivity index (χ3v) is 12.2. The molecule has 35 heavy (non-hydrogen) atoms. The molecule has 0 aliphatic heterocycles. The largest absolute Gasteiger partial charge is 0.371 e. The highest BCUT2D eigenvalue weighted by atomic mass is 16.5. The van der Waals surface area contributed by atoms with Crippen LogP contribution in [0.5, 0.6) is 0 Å². The second-order valence-electron chi connectivity index (χ2n) is 14.8. The lowest BCUT2D eigenvalue weighted by molar-refractivity contribution is -0.0719. The average molecular weight is 481 g/mol. The zero-order valence-electron chi connectivity index (χ0n) is 24.0. The lowest BCUT2D eigenvalue weighted by Gasteiger charge is -2.58. The Morgan fingerprint density at radius 3 is 2.57 bits per heavy atom. The molecule has 0 spiro atoms. The van der Waals surface area contributed by atoms with Crippen LogP contribution in [-0.2, 0) is 4.74 Å². The second-order valence-corrected chi connectivity index (χ2v) is 14.8. The van der Waals surface area contributed by atoms with Crippen molar-refractivity contribution in [3.8, 4) is 0 Å². The lowest BCUT2D eigenvalue weighted by atomic mass is 9.47. The quantitative estimate of drug-likeness (QED) is 0.329. The standard InChI is InChI=1S/C34H56O/c1-23(2)9-7-11-25(4)30-15-16-31-29-14-13-26-22-28(35-27-12-8-10-24(3)21-27)17-19-33(26,5)32(29)18-20-34(30,31)6/h8,12-13,23-25,27-32H,7,9-11,14-22H2,1-6H3. The van der Waals surface area contributed by atoms with Crippen molar-refractivity contribution in [1.82, 2.24) is 0 Å². The summed E-state index contributed by atoms with van der Waals surface area (Å²) in [4.78, 5) is 0. The van der Waals surface area contributed by atoms with Gasteiger partial charge in [-0.25, -0.2) is 0 Å². The summed E-state index contributed by atoms with van der Waals surface area (Å²) < 4.78 is 6.68. The highest BCUT2D eigenvalue weighted by Gasteiger charge is 2.59. The summed E-state index contributed by atoms with van der Waals surface area (Å²) in [6.07, 6.45) is 26.2. The zero-order chi connectivity index (χ0) is 24.8. The molecule has 0 radical (unpaired) electrons. The molecule has 1 nitrogen and oxygen atoms in total. The van der Waals surface area contributed by atoms with Gasteiger partial charge in [0.25, 0.3) is 0 Å². The minimum Gasteiger partial charge on any atom is -0.371 e. The molecule has 3 saturated carbocycles. The van der Waals surface area contributed by atoms with Crippen molar-refractivity contribution < 1.29 is 4.74 Å². The molecule has 198 valence electrons. The van der Waals surface area contributed by atoms with Crippen LogP contribution in [0.25, 0.3) is 0 Å². The van der Waals surface area contributed by atoms with E-state index in [1.54, 1.807) is 5.57 Å². The topological polar surface area (TPSA) is 9.23 Å². The van der Waals surface area contributed by atoms with Gasteiger partial charge in [0.15, 0.2) is 0 Å². The van der Waals surface area contributed by atoms with Gasteiger partial charge in [-0.05, 0) is 116 Å². The van der Waals surface area contributed by atoms with Crippen LogP contribution in [-0.4, -0.2) is 12.2 Å². The van der Waals surface area contributed by atoms with Gasteiger partial charge in [0.1, 0.15) is 0 Å². The lowest BCUT2D eigenvalue weighted by Crippen LogP contribution is -2.51. The third kappa shape index (κ3) is 4.98. The van der Waals surface area contributed by atoms with Crippen LogP contribution in [0.1, 0.15) is 125 Å². The molecule has 10 unspecified atom stereocenters. The van der Waals surface area contributed by atoms with Gasteiger partial charge in [0, 0.05) is 0 Å². The summed E-state index contributed by atoms with van der Waals surface area (Å²) in [6, 6.07) is 0. The molecule has 10 atom stereocenters. The first-order valence-electron chi connectivity index (χ1n) is 15.7. The summed E-state index contributed by atoms with van der Waals surface area (Å²) in [7, 11) is 0. The summed E-state index contributed by atoms with van der Waals surface area (Å²) in [6.45, 7) is 15.1. The summed E-state index contributed by atoms with van der Waals surface area (Å²) in [5, 5.41) is 0. The van der Waals surface area contributed by atoms with Gasteiger partial charge in [-0.15, -0.1) is 0 Å². The monoisotopic (exact) mass is 480 g/mol. The van der Waals surface area contributed by atoms with E-state index in [2.05, 4.69) is 59.8 Å². The maximum absolute atomic E-state index is 6.68. The molecule has 5 aliphatic carbocycles. The van der Waals surface area contributed by atoms with Crippen LogP contribution in [0.15, 0.2) is 23.8 Å². The number of fused-ring (bicyclic) bond motifs is 5. The predicted molar refractivity (Wildman–Crippen MR) is 149 cm³/mol. The molecular weight excluding hydrogens is 424 g/mol. The van der Waals surface area contributed by atoms with Gasteiger partial charge in [0.2, 0.25) is 0 Å². The molecule has 5 aliphatic rings. The van der Waals surface area contributed by atoms with E-state index >= 15 is 0 Å². The Morgan fingerprint density at radius 1 is 0.971 bits per heavy atom. The Kier molecular flexibility index (Phi) is 7.67. The minimum absolute atomic E-state index is 0.360. The van der Waals surface area contributed by atoms with Gasteiger partial charge >= 0.3 is 0 Å². The Labute approximate surface area is 217 Å². The van der Waals surface area contributed by atoms with E-state index in [1.165, 1.54) is 83.5 Å². The summed E-state index contributed by atoms with van der Waals surface area (Å²) in [5.41, 5.74) is 2.83. The van der Waals surface area contributed by atoms with E-state index < -0.39 is 0 Å². The number of allylic oxidation sites excluding steroid dienone is 2. The first-order chi connectivity index (χ1) is 16.7. The van der Waals surface area contributed by atoms with Crippen molar-refractivity contribution in [1.29, 1.82) is 0 Å². The van der Waals surface area contributed by atoms with Crippen molar-refractivity contribution in [2.24, 2.45) is 52.3 Å². The Hall–Kier alpha value is -0.560. The fraction of sp³-hybridized carbons (Fsp3) is 0.882. The van der Waals surface area contributed by atoms with Crippen LogP contribution >= 0.6 is 0 Å². The maximum Gasteiger partial charge on any atom is 0.0762 e. The summed E-state index contributed by atoms with van der Waals surface area (Å²) >= 11 is 0. The Morgan fingerprint density at radius 2 is 1.80 bits per heavy atom. The van der Waals surface area contributed by atoms with Crippen LogP contribution < -0.4 is 0 Å². The van der Waals surface area contributed by atoms with Gasteiger partial charge in [-0.1, -0.05) is 84.6 Å². The fourth-order valence-corrected chi connectivity index (χ4v) is 10.2. The molecule has 0 heterocycles. The number of ether oxygens (including phenoxy) is 1. The number of rotatable bonds is 7. The van der Waals surface area contributed by atoms with Gasteiger partial charge < -0.3 is 4.74 Å². The van der Waals surface area contributed by atoms with Crippen molar-refractivity contribution in [3.63, 3.8) is 0 Å². The molecule has 0 saturated heterocycles. The van der Waals surface area contributed by atoms with Gasteiger partial charge in [-0.3, -0.25) is 0 Å². The van der Waals surface area contributed by atoms with Gasteiger partial charge in [0.05, 0.1) is 12.2 Å². The van der Waals surface area contributed by atoms with Crippen molar-refractivity contribution in [2.45, 2.75) is 137 Å². The normalized spacial score (nSPS) is 46.0. The Bertz CT molecular complexity index is 792. The highest BCUT2D eigenvalue weighted by Crippen LogP contribution is 2.67. The van der Waals surface area contributed by atoms with E-state index in [0.29, 0.717) is 23.0 Å². The van der Waals surface area contributed by atoms with E-state index in [4.69, 9.17) is 4.74 Å². The first kappa shape index (κ1) is 26.1. The van der Waals surface area contributed by atoms with Gasteiger partial charge in [-0.2, -0.15) is 0 Å². The first-order valence-corrected chi connectivity index (χ1v) is 15.7. The molecule has 1 heteroatoms. The molecule has 5 rings (SSSR count). The smallest absolute Gasteiger partial charge is 0.0762 e. The van der Waals surface area contributed by atoms with Crippen LogP contribution in [0.2, 0.25) is 0 Å². The zero-order valence-corrected chi connectivity index (χ0v) is 24.0. The van der Waals surface area contributed by atoms with Crippen LogP contribution in [0.3, 0.4) is 0 Å². The summed E-state index contributed by atoms with van der Waals surface area (Å²) in [5.74, 6) is 6.34. The number of hydrogen-bond donors (Lipinski definition) is 0. The van der Waals surface area contributed by atoms with E-state index in [-0.39, 0.29) is 0 Å². The minimum atomic E-state index is 0.360. The second kappa shape index (κ2) is 10.3. The number of hydrogen-bond acceptors (Lipinski definition) is 1. The molecule has 0 aromatic carbocycles. The van der Waals surface area contributed by atoms with Crippen molar-refractivity contribution in [3.05, 3.63) is 23.8 Å². The van der Waals surface area contributed by atoms with Crippen molar-refractivity contribution in [2.75, 3.05) is 0 Å². The van der Waals surface area contributed by atoms with E-state index in [0.717, 1.165) is 41.4 Å². The fourth-order valence-electron chi connectivity index (χ4n) is 10.2. The predicted octanol–water partition coefficient (Wildman–Crippen LogP) is 9.77. The molecule has 3 fully saturated rings.